The van der Waals surface area contributed by atoms with E-state index in [4.69, 9.17) is 0 Å². The number of hydrogen-bond acceptors (Lipinski definition) is 2. The summed E-state index contributed by atoms with van der Waals surface area (Å²) >= 11 is 0. The Labute approximate surface area is 108 Å². The van der Waals surface area contributed by atoms with Crippen molar-refractivity contribution in [3.8, 4) is 0 Å². The van der Waals surface area contributed by atoms with Crippen LogP contribution < -0.4 is 5.32 Å². The molecule has 18 heavy (non-hydrogen) atoms. The molecule has 3 nitrogen and oxygen atoms in total. The highest BCUT2D eigenvalue weighted by Gasteiger charge is 2.23. The normalized spacial score (nSPS) is 20.5. The summed E-state index contributed by atoms with van der Waals surface area (Å²) < 4.78 is 2.24. The fourth-order valence-corrected chi connectivity index (χ4v) is 3.25. The molecule has 3 heteroatoms. The van der Waals surface area contributed by atoms with Gasteiger partial charge in [-0.15, -0.1) is 0 Å². The van der Waals surface area contributed by atoms with Crippen LogP contribution in [0.5, 0.6) is 0 Å². The van der Waals surface area contributed by atoms with Gasteiger partial charge >= 0.3 is 0 Å². The fourth-order valence-electron chi connectivity index (χ4n) is 3.25. The van der Waals surface area contributed by atoms with E-state index in [2.05, 4.69) is 41.8 Å². The first-order valence-corrected chi connectivity index (χ1v) is 6.81. The van der Waals surface area contributed by atoms with Crippen molar-refractivity contribution in [2.75, 3.05) is 13.1 Å². The standard InChI is InChI=1S/C15H21N3/c1-10-6-8-17-15-13(10)14(11(2)18(15)3)12-5-4-7-16-9-12/h6,8,12,16H,4-5,7,9H2,1-3H3. The van der Waals surface area contributed by atoms with Gasteiger partial charge in [-0.25, -0.2) is 4.98 Å². The molecular formula is C15H21N3. The second-order valence-electron chi connectivity index (χ2n) is 5.43. The largest absolute Gasteiger partial charge is 0.333 e. The number of nitrogens with zero attached hydrogens (tertiary/aromatic N) is 2. The monoisotopic (exact) mass is 243 g/mol. The lowest BCUT2D eigenvalue weighted by atomic mass is 9.89. The van der Waals surface area contributed by atoms with Gasteiger partial charge in [-0.2, -0.15) is 0 Å². The maximum absolute atomic E-state index is 4.56. The van der Waals surface area contributed by atoms with Gasteiger partial charge in [0.2, 0.25) is 0 Å². The van der Waals surface area contributed by atoms with Gasteiger partial charge in [0.05, 0.1) is 0 Å². The average molecular weight is 243 g/mol. The summed E-state index contributed by atoms with van der Waals surface area (Å²) in [4.78, 5) is 4.56. The van der Waals surface area contributed by atoms with E-state index in [1.807, 2.05) is 6.20 Å². The Hall–Kier alpha value is -1.35. The van der Waals surface area contributed by atoms with Crippen molar-refractivity contribution in [3.63, 3.8) is 0 Å². The third-order valence-corrected chi connectivity index (χ3v) is 4.32. The van der Waals surface area contributed by atoms with E-state index in [0.717, 1.165) is 18.7 Å². The molecule has 3 heterocycles. The van der Waals surface area contributed by atoms with Crippen LogP contribution in [0.1, 0.15) is 35.6 Å². The Kier molecular flexibility index (Phi) is 2.86. The van der Waals surface area contributed by atoms with Crippen molar-refractivity contribution in [2.45, 2.75) is 32.6 Å². The van der Waals surface area contributed by atoms with Crippen LogP contribution in [-0.4, -0.2) is 22.6 Å². The van der Waals surface area contributed by atoms with Gasteiger partial charge in [-0.3, -0.25) is 0 Å². The molecule has 1 aliphatic heterocycles. The minimum absolute atomic E-state index is 0.644. The highest BCUT2D eigenvalue weighted by atomic mass is 15.0. The van der Waals surface area contributed by atoms with Crippen LogP contribution in [0.3, 0.4) is 0 Å². The molecule has 1 unspecified atom stereocenters. The maximum atomic E-state index is 4.56. The van der Waals surface area contributed by atoms with Crippen molar-refractivity contribution < 1.29 is 0 Å². The zero-order chi connectivity index (χ0) is 12.7. The molecule has 96 valence electrons. The lowest BCUT2D eigenvalue weighted by molar-refractivity contribution is 0.461. The molecule has 3 rings (SSSR count). The van der Waals surface area contributed by atoms with Gasteiger partial charge < -0.3 is 9.88 Å². The quantitative estimate of drug-likeness (QED) is 0.834. The van der Waals surface area contributed by atoms with Crippen LogP contribution in [-0.2, 0) is 7.05 Å². The number of aromatic nitrogens is 2. The second kappa shape index (κ2) is 4.39. The summed E-state index contributed by atoms with van der Waals surface area (Å²) in [5, 5.41) is 4.91. The topological polar surface area (TPSA) is 29.9 Å². The van der Waals surface area contributed by atoms with E-state index in [9.17, 15) is 0 Å². The second-order valence-corrected chi connectivity index (χ2v) is 5.43. The lowest BCUT2D eigenvalue weighted by Crippen LogP contribution is -2.28. The maximum Gasteiger partial charge on any atom is 0.140 e. The fraction of sp³-hybridized carbons (Fsp3) is 0.533. The van der Waals surface area contributed by atoms with Gasteiger partial charge in [0, 0.05) is 30.9 Å². The zero-order valence-corrected chi connectivity index (χ0v) is 11.5. The SMILES string of the molecule is Cc1ccnc2c1c(C1CCCNC1)c(C)n2C. The molecule has 1 N–H and O–H groups in total. The highest BCUT2D eigenvalue weighted by molar-refractivity contribution is 5.86. The van der Waals surface area contributed by atoms with E-state index in [0.29, 0.717) is 5.92 Å². The molecule has 1 aliphatic rings. The molecule has 0 aromatic carbocycles. The number of pyridine rings is 1. The predicted octanol–water partition coefficient (Wildman–Crippen LogP) is 2.66. The van der Waals surface area contributed by atoms with Crippen LogP contribution in [0.25, 0.3) is 11.0 Å². The Bertz CT molecular complexity index is 577. The number of nitrogens with one attached hydrogen (secondary N) is 1. The number of hydrogen-bond donors (Lipinski definition) is 1. The number of piperidine rings is 1. The van der Waals surface area contributed by atoms with Gasteiger partial charge in [0.25, 0.3) is 0 Å². The van der Waals surface area contributed by atoms with E-state index in [1.165, 1.54) is 35.0 Å². The smallest absolute Gasteiger partial charge is 0.140 e. The van der Waals surface area contributed by atoms with E-state index >= 15 is 0 Å². The summed E-state index contributed by atoms with van der Waals surface area (Å²) in [6, 6.07) is 2.13. The summed E-state index contributed by atoms with van der Waals surface area (Å²) in [5.41, 5.74) is 5.38. The number of fused-ring (bicyclic) bond motifs is 1. The van der Waals surface area contributed by atoms with Crippen LogP contribution in [0.15, 0.2) is 12.3 Å². The highest BCUT2D eigenvalue weighted by Crippen LogP contribution is 2.35. The molecule has 1 saturated heterocycles. The molecule has 0 saturated carbocycles. The first kappa shape index (κ1) is 11.7. The molecule has 2 aromatic heterocycles. The average Bonchev–Trinajstić information content (AvgIpc) is 2.65. The van der Waals surface area contributed by atoms with Gasteiger partial charge in [-0.1, -0.05) is 0 Å². The van der Waals surface area contributed by atoms with Crippen molar-refractivity contribution in [2.24, 2.45) is 7.05 Å². The molecule has 1 fully saturated rings. The minimum Gasteiger partial charge on any atom is -0.333 e. The molecule has 0 radical (unpaired) electrons. The number of aryl methyl sites for hydroxylation is 2. The third kappa shape index (κ3) is 1.65. The summed E-state index contributed by atoms with van der Waals surface area (Å²) in [6.45, 7) is 6.69. The lowest BCUT2D eigenvalue weighted by Gasteiger charge is -2.23. The number of rotatable bonds is 1. The summed E-state index contributed by atoms with van der Waals surface area (Å²) in [6.07, 6.45) is 4.49. The van der Waals surface area contributed by atoms with E-state index in [1.54, 1.807) is 0 Å². The van der Waals surface area contributed by atoms with Gasteiger partial charge in [0.15, 0.2) is 0 Å². The van der Waals surface area contributed by atoms with Gasteiger partial charge in [-0.05, 0) is 56.3 Å². The Morgan fingerprint density at radius 3 is 2.94 bits per heavy atom. The molecular weight excluding hydrogens is 222 g/mol. The van der Waals surface area contributed by atoms with Crippen LogP contribution in [0, 0.1) is 13.8 Å². The van der Waals surface area contributed by atoms with Crippen molar-refractivity contribution in [1.82, 2.24) is 14.9 Å². The molecule has 0 spiro atoms. The summed E-state index contributed by atoms with van der Waals surface area (Å²) in [7, 11) is 2.13. The zero-order valence-electron chi connectivity index (χ0n) is 11.5. The Morgan fingerprint density at radius 2 is 2.22 bits per heavy atom. The van der Waals surface area contributed by atoms with Crippen molar-refractivity contribution >= 4 is 11.0 Å². The van der Waals surface area contributed by atoms with Crippen LogP contribution in [0.4, 0.5) is 0 Å². The predicted molar refractivity (Wildman–Crippen MR) is 75.0 cm³/mol. The molecule has 0 aliphatic carbocycles. The molecule has 1 atom stereocenters. The van der Waals surface area contributed by atoms with Gasteiger partial charge in [0.1, 0.15) is 5.65 Å². The van der Waals surface area contributed by atoms with Crippen LogP contribution >= 0.6 is 0 Å². The first-order valence-electron chi connectivity index (χ1n) is 6.81. The minimum atomic E-state index is 0.644. The third-order valence-electron chi connectivity index (χ3n) is 4.32. The molecule has 0 amide bonds. The van der Waals surface area contributed by atoms with E-state index < -0.39 is 0 Å². The molecule has 2 aromatic rings. The Balaban J connectivity index is 2.23. The van der Waals surface area contributed by atoms with Crippen molar-refractivity contribution in [1.29, 1.82) is 0 Å². The molecule has 0 bridgehead atoms. The summed E-state index contributed by atoms with van der Waals surface area (Å²) in [5.74, 6) is 0.644. The first-order chi connectivity index (χ1) is 8.70. The van der Waals surface area contributed by atoms with Crippen LogP contribution in [0.2, 0.25) is 0 Å². The van der Waals surface area contributed by atoms with Crippen molar-refractivity contribution in [3.05, 3.63) is 29.1 Å². The van der Waals surface area contributed by atoms with E-state index in [-0.39, 0.29) is 0 Å². The Morgan fingerprint density at radius 1 is 1.39 bits per heavy atom.